The quantitative estimate of drug-likeness (QED) is 0.943. The van der Waals surface area contributed by atoms with E-state index in [9.17, 15) is 4.79 Å². The summed E-state index contributed by atoms with van der Waals surface area (Å²) >= 11 is 0. The first-order chi connectivity index (χ1) is 11.1. The van der Waals surface area contributed by atoms with Gasteiger partial charge in [-0.15, -0.1) is 0 Å². The summed E-state index contributed by atoms with van der Waals surface area (Å²) in [5, 5.41) is 0. The second-order valence-corrected chi connectivity index (χ2v) is 6.49. The molecule has 23 heavy (non-hydrogen) atoms. The van der Waals surface area contributed by atoms with Gasteiger partial charge in [-0.2, -0.15) is 0 Å². The Labute approximate surface area is 138 Å². The Balaban J connectivity index is 1.61. The van der Waals surface area contributed by atoms with Crippen molar-refractivity contribution >= 4 is 5.91 Å². The molecule has 1 aliphatic heterocycles. The Morgan fingerprint density at radius 3 is 2.39 bits per heavy atom. The summed E-state index contributed by atoms with van der Waals surface area (Å²) in [6, 6.07) is 18.7. The van der Waals surface area contributed by atoms with Gasteiger partial charge in [0.2, 0.25) is 5.91 Å². The maximum Gasteiger partial charge on any atom is 0.226 e. The van der Waals surface area contributed by atoms with Crippen LogP contribution in [0.2, 0.25) is 0 Å². The maximum absolute atomic E-state index is 12.4. The van der Waals surface area contributed by atoms with Crippen molar-refractivity contribution < 1.29 is 4.79 Å². The highest BCUT2D eigenvalue weighted by molar-refractivity contribution is 5.79. The van der Waals surface area contributed by atoms with E-state index in [1.54, 1.807) is 0 Å². The number of nitrogens with zero attached hydrogens (tertiary/aromatic N) is 1. The summed E-state index contributed by atoms with van der Waals surface area (Å²) in [7, 11) is 0. The number of benzene rings is 2. The minimum Gasteiger partial charge on any atom is -0.342 e. The van der Waals surface area contributed by atoms with Crippen LogP contribution in [-0.2, 0) is 11.2 Å². The molecule has 3 heteroatoms. The molecule has 2 aromatic carbocycles. The van der Waals surface area contributed by atoms with Crippen LogP contribution in [0.25, 0.3) is 11.1 Å². The van der Waals surface area contributed by atoms with Crippen LogP contribution in [0.3, 0.4) is 0 Å². The van der Waals surface area contributed by atoms with E-state index in [0.717, 1.165) is 25.1 Å². The molecule has 0 saturated carbocycles. The Morgan fingerprint density at radius 1 is 1.13 bits per heavy atom. The normalized spacial score (nSPS) is 18.9. The van der Waals surface area contributed by atoms with Crippen molar-refractivity contribution in [1.82, 2.24) is 4.90 Å². The fraction of sp³-hybridized carbons (Fsp3) is 0.350. The molecule has 0 bridgehead atoms. The molecule has 3 rings (SSSR count). The zero-order valence-corrected chi connectivity index (χ0v) is 13.6. The van der Waals surface area contributed by atoms with Gasteiger partial charge >= 0.3 is 0 Å². The van der Waals surface area contributed by atoms with E-state index in [1.807, 2.05) is 30.0 Å². The smallest absolute Gasteiger partial charge is 0.226 e. The number of nitrogens with two attached hydrogens (primary N) is 1. The van der Waals surface area contributed by atoms with Crippen molar-refractivity contribution in [3.8, 4) is 11.1 Å². The van der Waals surface area contributed by atoms with E-state index in [2.05, 4.69) is 36.4 Å². The summed E-state index contributed by atoms with van der Waals surface area (Å²) in [5.74, 6) is 0.653. The number of amides is 1. The largest absolute Gasteiger partial charge is 0.342 e. The molecule has 1 saturated heterocycles. The van der Waals surface area contributed by atoms with E-state index in [0.29, 0.717) is 12.3 Å². The van der Waals surface area contributed by atoms with E-state index in [4.69, 9.17) is 5.73 Å². The first-order valence-electron chi connectivity index (χ1n) is 8.31. The van der Waals surface area contributed by atoms with Crippen LogP contribution in [-0.4, -0.2) is 29.9 Å². The molecule has 0 spiro atoms. The van der Waals surface area contributed by atoms with Gasteiger partial charge in [0, 0.05) is 19.1 Å². The fourth-order valence-corrected chi connectivity index (χ4v) is 3.18. The topological polar surface area (TPSA) is 46.3 Å². The van der Waals surface area contributed by atoms with Gasteiger partial charge in [0.05, 0.1) is 6.42 Å². The molecule has 1 heterocycles. The predicted molar refractivity (Wildman–Crippen MR) is 93.9 cm³/mol. The van der Waals surface area contributed by atoms with Gasteiger partial charge in [0.15, 0.2) is 0 Å². The first kappa shape index (κ1) is 15.8. The lowest BCUT2D eigenvalue weighted by Crippen LogP contribution is -2.33. The molecule has 0 radical (unpaired) electrons. The fourth-order valence-electron chi connectivity index (χ4n) is 3.18. The van der Waals surface area contributed by atoms with E-state index >= 15 is 0 Å². The molecule has 1 amide bonds. The van der Waals surface area contributed by atoms with Crippen LogP contribution in [0.5, 0.6) is 0 Å². The van der Waals surface area contributed by atoms with Crippen molar-refractivity contribution in [3.05, 3.63) is 60.2 Å². The van der Waals surface area contributed by atoms with Gasteiger partial charge in [0.1, 0.15) is 0 Å². The zero-order chi connectivity index (χ0) is 16.2. The van der Waals surface area contributed by atoms with Crippen LogP contribution in [0.1, 0.15) is 18.9 Å². The highest BCUT2D eigenvalue weighted by atomic mass is 16.2. The third-order valence-electron chi connectivity index (χ3n) is 4.74. The number of likely N-dealkylation sites (tertiary alicyclic amines) is 1. The number of carbonyl (C=O) groups is 1. The molecule has 1 fully saturated rings. The van der Waals surface area contributed by atoms with Gasteiger partial charge in [-0.05, 0) is 36.0 Å². The van der Waals surface area contributed by atoms with Crippen LogP contribution < -0.4 is 5.73 Å². The summed E-state index contributed by atoms with van der Waals surface area (Å²) in [6.45, 7) is 3.67. The number of hydrogen-bond acceptors (Lipinski definition) is 2. The SMILES string of the molecule is CC(N)C1CCN(C(=O)Cc2ccc(-c3ccccc3)cc2)C1. The highest BCUT2D eigenvalue weighted by Crippen LogP contribution is 2.21. The number of rotatable bonds is 4. The van der Waals surface area contributed by atoms with Crippen molar-refractivity contribution in [1.29, 1.82) is 0 Å². The molecule has 2 N–H and O–H groups in total. The van der Waals surface area contributed by atoms with Gasteiger partial charge in [-0.3, -0.25) is 4.79 Å². The molecule has 3 nitrogen and oxygen atoms in total. The Morgan fingerprint density at radius 2 is 1.78 bits per heavy atom. The lowest BCUT2D eigenvalue weighted by Gasteiger charge is -2.18. The molecule has 120 valence electrons. The van der Waals surface area contributed by atoms with Crippen LogP contribution >= 0.6 is 0 Å². The van der Waals surface area contributed by atoms with Crippen molar-refractivity contribution in [2.75, 3.05) is 13.1 Å². The van der Waals surface area contributed by atoms with Gasteiger partial charge in [0.25, 0.3) is 0 Å². The third kappa shape index (κ3) is 3.80. The van der Waals surface area contributed by atoms with E-state index < -0.39 is 0 Å². The van der Waals surface area contributed by atoms with Crippen molar-refractivity contribution in [2.24, 2.45) is 11.7 Å². The standard InChI is InChI=1S/C20H24N2O/c1-15(21)19-11-12-22(14-19)20(23)13-16-7-9-18(10-8-16)17-5-3-2-4-6-17/h2-10,15,19H,11-14,21H2,1H3. The molecule has 1 aliphatic rings. The lowest BCUT2D eigenvalue weighted by molar-refractivity contribution is -0.129. The number of hydrogen-bond donors (Lipinski definition) is 1. The van der Waals surface area contributed by atoms with Crippen molar-refractivity contribution in [2.45, 2.75) is 25.8 Å². The summed E-state index contributed by atoms with van der Waals surface area (Å²) in [4.78, 5) is 14.4. The molecule has 0 aromatic heterocycles. The average Bonchev–Trinajstić information content (AvgIpc) is 3.07. The maximum atomic E-state index is 12.4. The van der Waals surface area contributed by atoms with E-state index in [-0.39, 0.29) is 11.9 Å². The second kappa shape index (κ2) is 6.97. The third-order valence-corrected chi connectivity index (χ3v) is 4.74. The molecule has 2 atom stereocenters. The molecule has 2 unspecified atom stereocenters. The van der Waals surface area contributed by atoms with Gasteiger partial charge in [-0.1, -0.05) is 54.6 Å². The molecule has 0 aliphatic carbocycles. The lowest BCUT2D eigenvalue weighted by atomic mass is 10.0. The van der Waals surface area contributed by atoms with Gasteiger partial charge in [-0.25, -0.2) is 0 Å². The van der Waals surface area contributed by atoms with Gasteiger partial charge < -0.3 is 10.6 Å². The Kier molecular flexibility index (Phi) is 4.77. The minimum atomic E-state index is 0.165. The summed E-state index contributed by atoms with van der Waals surface area (Å²) < 4.78 is 0. The molecular formula is C20H24N2O. The predicted octanol–water partition coefficient (Wildman–Crippen LogP) is 3.09. The zero-order valence-electron chi connectivity index (χ0n) is 13.6. The summed E-state index contributed by atoms with van der Waals surface area (Å²) in [6.07, 6.45) is 1.50. The van der Waals surface area contributed by atoms with E-state index in [1.165, 1.54) is 11.1 Å². The Bertz CT molecular complexity index is 649. The van der Waals surface area contributed by atoms with Crippen molar-refractivity contribution in [3.63, 3.8) is 0 Å². The highest BCUT2D eigenvalue weighted by Gasteiger charge is 2.28. The Hall–Kier alpha value is -2.13. The minimum absolute atomic E-state index is 0.165. The number of carbonyl (C=O) groups excluding carboxylic acids is 1. The monoisotopic (exact) mass is 308 g/mol. The van der Waals surface area contributed by atoms with Crippen LogP contribution in [0.4, 0.5) is 0 Å². The van der Waals surface area contributed by atoms with Crippen LogP contribution in [0.15, 0.2) is 54.6 Å². The second-order valence-electron chi connectivity index (χ2n) is 6.49. The average molecular weight is 308 g/mol. The van der Waals surface area contributed by atoms with Crippen LogP contribution in [0, 0.1) is 5.92 Å². The summed E-state index contributed by atoms with van der Waals surface area (Å²) in [5.41, 5.74) is 9.39. The molecule has 2 aromatic rings. The molecular weight excluding hydrogens is 284 g/mol. The first-order valence-corrected chi connectivity index (χ1v) is 8.31.